The molecule has 0 amide bonds. The number of aromatic nitrogens is 1. The zero-order valence-electron chi connectivity index (χ0n) is 13.1. The van der Waals surface area contributed by atoms with Crippen LogP contribution in [-0.4, -0.2) is 28.5 Å². The van der Waals surface area contributed by atoms with Crippen molar-refractivity contribution in [1.82, 2.24) is 9.88 Å². The molecule has 1 aromatic rings. The molecule has 21 heavy (non-hydrogen) atoms. The molecule has 1 unspecified atom stereocenters. The van der Waals surface area contributed by atoms with E-state index < -0.39 is 0 Å². The van der Waals surface area contributed by atoms with Crippen molar-refractivity contribution in [3.05, 3.63) is 23.4 Å². The number of rotatable bonds is 3. The normalized spacial score (nSPS) is 24.1. The minimum absolute atomic E-state index is 0.0215. The van der Waals surface area contributed by atoms with Gasteiger partial charge in [-0.3, -0.25) is 4.90 Å². The maximum absolute atomic E-state index is 6.81. The Kier molecular flexibility index (Phi) is 4.18. The SMILES string of the molecule is Cc1ccnc(N)c1C(N)C1(N2CCCCC2)CCCC1. The molecule has 0 radical (unpaired) electrons. The van der Waals surface area contributed by atoms with E-state index in [4.69, 9.17) is 11.5 Å². The van der Waals surface area contributed by atoms with Crippen LogP contribution >= 0.6 is 0 Å². The molecule has 4 heteroatoms. The molecular formula is C17H28N4. The molecule has 0 aromatic carbocycles. The average Bonchev–Trinajstić information content (AvgIpc) is 2.98. The third-order valence-electron chi connectivity index (χ3n) is 5.58. The fourth-order valence-corrected chi connectivity index (χ4v) is 4.41. The van der Waals surface area contributed by atoms with Gasteiger partial charge in [0.2, 0.25) is 0 Å². The van der Waals surface area contributed by atoms with Crippen LogP contribution in [-0.2, 0) is 0 Å². The maximum Gasteiger partial charge on any atom is 0.128 e. The summed E-state index contributed by atoms with van der Waals surface area (Å²) in [5, 5.41) is 0. The molecule has 2 fully saturated rings. The number of nitrogen functional groups attached to an aromatic ring is 1. The van der Waals surface area contributed by atoms with Crippen LogP contribution in [0.4, 0.5) is 5.82 Å². The van der Waals surface area contributed by atoms with Crippen molar-refractivity contribution in [3.8, 4) is 0 Å². The molecule has 4 nitrogen and oxygen atoms in total. The zero-order chi connectivity index (χ0) is 14.9. The van der Waals surface area contributed by atoms with E-state index in [1.165, 1.54) is 63.6 Å². The molecule has 4 N–H and O–H groups in total. The van der Waals surface area contributed by atoms with E-state index in [0.29, 0.717) is 5.82 Å². The maximum atomic E-state index is 6.81. The molecule has 0 spiro atoms. The van der Waals surface area contributed by atoms with Gasteiger partial charge in [0.05, 0.1) is 6.04 Å². The van der Waals surface area contributed by atoms with Crippen LogP contribution in [0.15, 0.2) is 12.3 Å². The van der Waals surface area contributed by atoms with Gasteiger partial charge in [-0.2, -0.15) is 0 Å². The van der Waals surface area contributed by atoms with Gasteiger partial charge < -0.3 is 11.5 Å². The number of nitrogens with two attached hydrogens (primary N) is 2. The highest BCUT2D eigenvalue weighted by Gasteiger charge is 2.46. The summed E-state index contributed by atoms with van der Waals surface area (Å²) in [6.45, 7) is 4.48. The number of nitrogens with zero attached hydrogens (tertiary/aromatic N) is 2. The van der Waals surface area contributed by atoms with Gasteiger partial charge in [0, 0.05) is 17.3 Å². The van der Waals surface area contributed by atoms with E-state index >= 15 is 0 Å². The number of likely N-dealkylation sites (tertiary alicyclic amines) is 1. The van der Waals surface area contributed by atoms with Crippen LogP contribution < -0.4 is 11.5 Å². The van der Waals surface area contributed by atoms with E-state index in [1.807, 2.05) is 6.07 Å². The number of hydrogen-bond donors (Lipinski definition) is 2. The fraction of sp³-hybridized carbons (Fsp3) is 0.706. The summed E-state index contributed by atoms with van der Waals surface area (Å²) in [6.07, 6.45) is 10.7. The highest BCUT2D eigenvalue weighted by atomic mass is 15.2. The zero-order valence-corrected chi connectivity index (χ0v) is 13.1. The van der Waals surface area contributed by atoms with Crippen molar-refractivity contribution in [1.29, 1.82) is 0 Å². The Morgan fingerprint density at radius 3 is 2.43 bits per heavy atom. The Hall–Kier alpha value is -1.13. The van der Waals surface area contributed by atoms with Gasteiger partial charge in [-0.1, -0.05) is 19.3 Å². The Morgan fingerprint density at radius 1 is 1.14 bits per heavy atom. The van der Waals surface area contributed by atoms with Gasteiger partial charge in [-0.25, -0.2) is 4.98 Å². The molecule has 3 rings (SSSR count). The Balaban J connectivity index is 1.96. The Morgan fingerprint density at radius 2 is 1.81 bits per heavy atom. The molecular weight excluding hydrogens is 260 g/mol. The molecule has 0 bridgehead atoms. The van der Waals surface area contributed by atoms with Crippen molar-refractivity contribution in [3.63, 3.8) is 0 Å². The Labute approximate surface area is 127 Å². The van der Waals surface area contributed by atoms with E-state index in [1.54, 1.807) is 6.20 Å². The summed E-state index contributed by atoms with van der Waals surface area (Å²) in [5.74, 6) is 0.616. The molecule has 1 aliphatic heterocycles. The minimum atomic E-state index is -0.0215. The minimum Gasteiger partial charge on any atom is -0.383 e. The number of hydrogen-bond acceptors (Lipinski definition) is 4. The van der Waals surface area contributed by atoms with E-state index in [-0.39, 0.29) is 11.6 Å². The van der Waals surface area contributed by atoms with Crippen molar-refractivity contribution in [2.45, 2.75) is 63.5 Å². The van der Waals surface area contributed by atoms with E-state index in [2.05, 4.69) is 16.8 Å². The van der Waals surface area contributed by atoms with Crippen LogP contribution in [0.2, 0.25) is 0 Å². The number of piperidine rings is 1. The highest BCUT2D eigenvalue weighted by Crippen LogP contribution is 2.45. The first kappa shape index (κ1) is 14.8. The van der Waals surface area contributed by atoms with Crippen molar-refractivity contribution < 1.29 is 0 Å². The smallest absolute Gasteiger partial charge is 0.128 e. The molecule has 1 aromatic heterocycles. The fourth-order valence-electron chi connectivity index (χ4n) is 4.41. The van der Waals surface area contributed by atoms with Gasteiger partial charge in [-0.15, -0.1) is 0 Å². The van der Waals surface area contributed by atoms with Crippen molar-refractivity contribution in [2.75, 3.05) is 18.8 Å². The second kappa shape index (κ2) is 5.93. The van der Waals surface area contributed by atoms with Gasteiger partial charge in [0.15, 0.2) is 0 Å². The summed E-state index contributed by atoms with van der Waals surface area (Å²) in [4.78, 5) is 6.95. The molecule has 2 aliphatic rings. The summed E-state index contributed by atoms with van der Waals surface area (Å²) in [7, 11) is 0. The van der Waals surface area contributed by atoms with Gasteiger partial charge in [-0.05, 0) is 57.3 Å². The third kappa shape index (κ3) is 2.55. The highest BCUT2D eigenvalue weighted by molar-refractivity contribution is 5.47. The van der Waals surface area contributed by atoms with Crippen LogP contribution in [0, 0.1) is 6.92 Å². The standard InChI is InChI=1S/C17H28N4/c1-13-7-10-20-16(19)14(13)15(18)17(8-3-4-9-17)21-11-5-2-6-12-21/h7,10,15H,2-6,8-9,11-12,18H2,1H3,(H2,19,20). The van der Waals surface area contributed by atoms with E-state index in [9.17, 15) is 0 Å². The number of aryl methyl sites for hydroxylation is 1. The monoisotopic (exact) mass is 288 g/mol. The summed E-state index contributed by atoms with van der Waals surface area (Å²) >= 11 is 0. The lowest BCUT2D eigenvalue weighted by molar-refractivity contribution is 0.0477. The second-order valence-electron chi connectivity index (χ2n) is 6.76. The topological polar surface area (TPSA) is 68.2 Å². The van der Waals surface area contributed by atoms with Crippen LogP contribution in [0.1, 0.15) is 62.1 Å². The molecule has 116 valence electrons. The number of pyridine rings is 1. The van der Waals surface area contributed by atoms with Crippen LogP contribution in [0.5, 0.6) is 0 Å². The molecule has 1 aliphatic carbocycles. The first-order valence-electron chi connectivity index (χ1n) is 8.37. The van der Waals surface area contributed by atoms with Crippen molar-refractivity contribution in [2.24, 2.45) is 5.73 Å². The predicted octanol–water partition coefficient (Wildman–Crippen LogP) is 2.77. The molecule has 1 saturated carbocycles. The third-order valence-corrected chi connectivity index (χ3v) is 5.58. The number of anilines is 1. The Bertz CT molecular complexity index is 467. The first-order valence-corrected chi connectivity index (χ1v) is 8.37. The first-order chi connectivity index (χ1) is 10.1. The molecule has 2 heterocycles. The molecule has 1 saturated heterocycles. The largest absolute Gasteiger partial charge is 0.383 e. The lowest BCUT2D eigenvalue weighted by atomic mass is 9.80. The van der Waals surface area contributed by atoms with Crippen molar-refractivity contribution >= 4 is 5.82 Å². The lowest BCUT2D eigenvalue weighted by Crippen LogP contribution is -2.55. The quantitative estimate of drug-likeness (QED) is 0.897. The summed E-state index contributed by atoms with van der Waals surface area (Å²) in [6, 6.07) is 2.01. The molecule has 1 atom stereocenters. The second-order valence-corrected chi connectivity index (χ2v) is 6.76. The van der Waals surface area contributed by atoms with E-state index in [0.717, 1.165) is 5.56 Å². The van der Waals surface area contributed by atoms with Gasteiger partial charge in [0.1, 0.15) is 5.82 Å². The summed E-state index contributed by atoms with van der Waals surface area (Å²) < 4.78 is 0. The summed E-state index contributed by atoms with van der Waals surface area (Å²) in [5.41, 5.74) is 15.3. The van der Waals surface area contributed by atoms with Crippen LogP contribution in [0.3, 0.4) is 0 Å². The van der Waals surface area contributed by atoms with Crippen LogP contribution in [0.25, 0.3) is 0 Å². The van der Waals surface area contributed by atoms with Gasteiger partial charge >= 0.3 is 0 Å². The van der Waals surface area contributed by atoms with Gasteiger partial charge in [0.25, 0.3) is 0 Å². The average molecular weight is 288 g/mol. The predicted molar refractivity (Wildman–Crippen MR) is 86.9 cm³/mol. The lowest BCUT2D eigenvalue weighted by Gasteiger charge is -2.47.